The van der Waals surface area contributed by atoms with Crippen molar-refractivity contribution in [1.29, 1.82) is 0 Å². The van der Waals surface area contributed by atoms with Gasteiger partial charge in [0.25, 0.3) is 0 Å². The van der Waals surface area contributed by atoms with Gasteiger partial charge in [0.1, 0.15) is 0 Å². The molecule has 6 heteroatoms. The van der Waals surface area contributed by atoms with Crippen molar-refractivity contribution in [2.75, 3.05) is 13.7 Å². The summed E-state index contributed by atoms with van der Waals surface area (Å²) in [6.45, 7) is 0.695. The molecule has 1 saturated heterocycles. The minimum Gasteiger partial charge on any atom is -0.378 e. The second kappa shape index (κ2) is 5.88. The van der Waals surface area contributed by atoms with Gasteiger partial charge in [0, 0.05) is 25.0 Å². The number of hydrogen-bond donors (Lipinski definition) is 1. The standard InChI is InChI=1S/C13H17F3N2O/c1-17-12(7-9-3-2-6-19-9)10-8-18-5-4-11(10)13(14,15)16/h4-5,8-9,12,17H,2-3,6-7H2,1H3. The van der Waals surface area contributed by atoms with E-state index in [9.17, 15) is 13.2 Å². The molecule has 0 aliphatic carbocycles. The highest BCUT2D eigenvalue weighted by atomic mass is 19.4. The van der Waals surface area contributed by atoms with Crippen LogP contribution >= 0.6 is 0 Å². The van der Waals surface area contributed by atoms with Crippen molar-refractivity contribution in [2.24, 2.45) is 0 Å². The molecule has 3 nitrogen and oxygen atoms in total. The van der Waals surface area contributed by atoms with Crippen LogP contribution < -0.4 is 5.32 Å². The van der Waals surface area contributed by atoms with Crippen LogP contribution in [-0.2, 0) is 10.9 Å². The summed E-state index contributed by atoms with van der Waals surface area (Å²) in [5, 5.41) is 2.94. The Balaban J connectivity index is 2.22. The molecule has 0 aromatic carbocycles. The molecule has 0 bridgehead atoms. The van der Waals surface area contributed by atoms with Crippen molar-refractivity contribution in [3.05, 3.63) is 29.6 Å². The Kier molecular flexibility index (Phi) is 4.42. The first-order valence-corrected chi connectivity index (χ1v) is 6.32. The van der Waals surface area contributed by atoms with Gasteiger partial charge in [-0.25, -0.2) is 0 Å². The molecule has 2 rings (SSSR count). The fourth-order valence-electron chi connectivity index (χ4n) is 2.44. The van der Waals surface area contributed by atoms with E-state index in [1.807, 2.05) is 0 Å². The molecule has 19 heavy (non-hydrogen) atoms. The van der Waals surface area contributed by atoms with Gasteiger partial charge < -0.3 is 10.1 Å². The largest absolute Gasteiger partial charge is 0.416 e. The molecule has 2 unspecified atom stereocenters. The van der Waals surface area contributed by atoms with Crippen LogP contribution in [0.1, 0.15) is 36.4 Å². The molecule has 0 spiro atoms. The Labute approximate surface area is 110 Å². The van der Waals surface area contributed by atoms with E-state index in [0.717, 1.165) is 18.9 Å². The second-order valence-electron chi connectivity index (χ2n) is 4.67. The number of ether oxygens (including phenoxy) is 1. The van der Waals surface area contributed by atoms with Gasteiger partial charge in [-0.1, -0.05) is 0 Å². The van der Waals surface area contributed by atoms with E-state index < -0.39 is 17.8 Å². The Hall–Kier alpha value is -1.14. The second-order valence-corrected chi connectivity index (χ2v) is 4.67. The highest BCUT2D eigenvalue weighted by Crippen LogP contribution is 2.36. The normalized spacial score (nSPS) is 21.6. The van der Waals surface area contributed by atoms with Gasteiger partial charge >= 0.3 is 6.18 Å². The van der Waals surface area contributed by atoms with Gasteiger partial charge in [0.2, 0.25) is 0 Å². The Bertz CT molecular complexity index is 417. The number of pyridine rings is 1. The highest BCUT2D eigenvalue weighted by Gasteiger charge is 2.35. The lowest BCUT2D eigenvalue weighted by Crippen LogP contribution is -2.25. The molecule has 1 fully saturated rings. The van der Waals surface area contributed by atoms with E-state index in [-0.39, 0.29) is 11.7 Å². The van der Waals surface area contributed by atoms with Gasteiger partial charge in [-0.3, -0.25) is 4.98 Å². The molecule has 0 amide bonds. The summed E-state index contributed by atoms with van der Waals surface area (Å²) < 4.78 is 44.4. The third kappa shape index (κ3) is 3.45. The maximum Gasteiger partial charge on any atom is 0.416 e. The predicted octanol–water partition coefficient (Wildman–Crippen LogP) is 2.93. The summed E-state index contributed by atoms with van der Waals surface area (Å²) in [6, 6.07) is 0.628. The van der Waals surface area contributed by atoms with Crippen LogP contribution in [0.3, 0.4) is 0 Å². The first-order valence-electron chi connectivity index (χ1n) is 6.32. The molecule has 1 aromatic rings. The third-order valence-electron chi connectivity index (χ3n) is 3.40. The van der Waals surface area contributed by atoms with E-state index in [1.54, 1.807) is 7.05 Å². The van der Waals surface area contributed by atoms with E-state index in [1.165, 1.54) is 12.4 Å². The number of hydrogen-bond acceptors (Lipinski definition) is 3. The SMILES string of the molecule is CNC(CC1CCCO1)c1cnccc1C(F)(F)F. The van der Waals surface area contributed by atoms with Crippen molar-refractivity contribution in [3.8, 4) is 0 Å². The molecule has 1 N–H and O–H groups in total. The summed E-state index contributed by atoms with van der Waals surface area (Å²) >= 11 is 0. The zero-order valence-electron chi connectivity index (χ0n) is 10.7. The van der Waals surface area contributed by atoms with Crippen LogP contribution in [0.4, 0.5) is 13.2 Å². The quantitative estimate of drug-likeness (QED) is 0.916. The number of nitrogens with one attached hydrogen (secondary N) is 1. The maximum atomic E-state index is 13.0. The molecule has 2 atom stereocenters. The van der Waals surface area contributed by atoms with Gasteiger partial charge in [-0.2, -0.15) is 13.2 Å². The molecule has 106 valence electrons. The van der Waals surface area contributed by atoms with Crippen LogP contribution in [0.2, 0.25) is 0 Å². The zero-order valence-corrected chi connectivity index (χ0v) is 10.7. The van der Waals surface area contributed by atoms with Crippen molar-refractivity contribution in [1.82, 2.24) is 10.3 Å². The minimum absolute atomic E-state index is 0.0266. The fraction of sp³-hybridized carbons (Fsp3) is 0.615. The van der Waals surface area contributed by atoms with E-state index >= 15 is 0 Å². The van der Waals surface area contributed by atoms with Crippen LogP contribution in [0, 0.1) is 0 Å². The lowest BCUT2D eigenvalue weighted by Gasteiger charge is -2.23. The number of aromatic nitrogens is 1. The number of rotatable bonds is 4. The molecule has 1 aliphatic heterocycles. The summed E-state index contributed by atoms with van der Waals surface area (Å²) in [5.74, 6) is 0. The van der Waals surface area contributed by atoms with E-state index in [0.29, 0.717) is 13.0 Å². The monoisotopic (exact) mass is 274 g/mol. The Morgan fingerprint density at radius 3 is 2.89 bits per heavy atom. The predicted molar refractivity (Wildman–Crippen MR) is 64.6 cm³/mol. The lowest BCUT2D eigenvalue weighted by molar-refractivity contribution is -0.138. The van der Waals surface area contributed by atoms with Crippen LogP contribution in [0.5, 0.6) is 0 Å². The average molecular weight is 274 g/mol. The molecule has 0 saturated carbocycles. The van der Waals surface area contributed by atoms with Gasteiger partial charge in [0.15, 0.2) is 0 Å². The molecular formula is C13H17F3N2O. The molecular weight excluding hydrogens is 257 g/mol. The molecule has 0 radical (unpaired) electrons. The van der Waals surface area contributed by atoms with Crippen LogP contribution in [-0.4, -0.2) is 24.7 Å². The Morgan fingerprint density at radius 2 is 2.32 bits per heavy atom. The first-order chi connectivity index (χ1) is 9.02. The fourth-order valence-corrected chi connectivity index (χ4v) is 2.44. The smallest absolute Gasteiger partial charge is 0.378 e. The Morgan fingerprint density at radius 1 is 1.53 bits per heavy atom. The highest BCUT2D eigenvalue weighted by molar-refractivity contribution is 5.29. The first kappa shape index (κ1) is 14.3. The third-order valence-corrected chi connectivity index (χ3v) is 3.40. The van der Waals surface area contributed by atoms with Gasteiger partial charge in [-0.15, -0.1) is 0 Å². The maximum absolute atomic E-state index is 13.0. The molecule has 2 heterocycles. The topological polar surface area (TPSA) is 34.1 Å². The summed E-state index contributed by atoms with van der Waals surface area (Å²) in [6.07, 6.45) is 0.540. The lowest BCUT2D eigenvalue weighted by atomic mass is 9.96. The van der Waals surface area contributed by atoms with Crippen molar-refractivity contribution >= 4 is 0 Å². The zero-order chi connectivity index (χ0) is 13.9. The van der Waals surface area contributed by atoms with Crippen LogP contribution in [0.15, 0.2) is 18.5 Å². The van der Waals surface area contributed by atoms with E-state index in [4.69, 9.17) is 4.74 Å². The van der Waals surface area contributed by atoms with Gasteiger partial charge in [0.05, 0.1) is 11.7 Å². The van der Waals surface area contributed by atoms with Crippen molar-refractivity contribution < 1.29 is 17.9 Å². The van der Waals surface area contributed by atoms with E-state index in [2.05, 4.69) is 10.3 Å². The summed E-state index contributed by atoms with van der Waals surface area (Å²) in [7, 11) is 1.66. The number of alkyl halides is 3. The molecule has 1 aromatic heterocycles. The number of nitrogens with zero attached hydrogens (tertiary/aromatic N) is 1. The van der Waals surface area contributed by atoms with Crippen molar-refractivity contribution in [3.63, 3.8) is 0 Å². The summed E-state index contributed by atoms with van der Waals surface area (Å²) in [5.41, 5.74) is -0.437. The number of halogens is 3. The summed E-state index contributed by atoms with van der Waals surface area (Å²) in [4.78, 5) is 3.82. The van der Waals surface area contributed by atoms with Crippen LogP contribution in [0.25, 0.3) is 0 Å². The molecule has 1 aliphatic rings. The van der Waals surface area contributed by atoms with Gasteiger partial charge in [-0.05, 0) is 37.9 Å². The minimum atomic E-state index is -4.36. The van der Waals surface area contributed by atoms with Crippen molar-refractivity contribution in [2.45, 2.75) is 37.6 Å². The average Bonchev–Trinajstić information content (AvgIpc) is 2.88.